The fourth-order valence-electron chi connectivity index (χ4n) is 3.70. The Morgan fingerprint density at radius 2 is 1.61 bits per heavy atom. The maximum atomic E-state index is 13.6. The quantitative estimate of drug-likeness (QED) is 0.281. The summed E-state index contributed by atoms with van der Waals surface area (Å²) in [4.78, 5) is 28.4. The van der Waals surface area contributed by atoms with Gasteiger partial charge in [0.15, 0.2) is 0 Å². The van der Waals surface area contributed by atoms with Crippen molar-refractivity contribution in [3.63, 3.8) is 0 Å². The summed E-state index contributed by atoms with van der Waals surface area (Å²) in [5.74, 6) is -0.171. The topological polar surface area (TPSA) is 49.4 Å². The van der Waals surface area contributed by atoms with Gasteiger partial charge in [-0.1, -0.05) is 78.7 Å². The molecule has 0 radical (unpaired) electrons. The van der Waals surface area contributed by atoms with E-state index in [1.54, 1.807) is 35.2 Å². The second kappa shape index (κ2) is 14.3. The molecule has 8 heteroatoms. The number of benzene rings is 3. The third kappa shape index (κ3) is 8.26. The van der Waals surface area contributed by atoms with Crippen molar-refractivity contribution in [2.24, 2.45) is 0 Å². The maximum absolute atomic E-state index is 13.6. The van der Waals surface area contributed by atoms with Crippen LogP contribution in [-0.2, 0) is 28.3 Å². The molecule has 2 amide bonds. The monoisotopic (exact) mass is 546 g/mol. The van der Waals surface area contributed by atoms with Crippen LogP contribution in [0, 0.1) is 5.82 Å². The molecular weight excluding hydrogens is 518 g/mol. The smallest absolute Gasteiger partial charge is 0.243 e. The molecule has 0 heterocycles. The highest BCUT2D eigenvalue weighted by atomic mass is 35.5. The summed E-state index contributed by atoms with van der Waals surface area (Å²) in [6, 6.07) is 20.2. The molecular formula is C28H29Cl2FN2O2S. The molecule has 1 N–H and O–H groups in total. The Bertz CT molecular complexity index is 1130. The van der Waals surface area contributed by atoms with Gasteiger partial charge in [-0.05, 0) is 47.4 Å². The SMILES string of the molecule is CCCNC(=O)C(Cc1ccccc1)N(Cc1ccc(F)cc1)C(=O)CSCc1c(Cl)cccc1Cl. The summed E-state index contributed by atoms with van der Waals surface area (Å²) in [5.41, 5.74) is 2.46. The Morgan fingerprint density at radius 1 is 0.944 bits per heavy atom. The zero-order valence-electron chi connectivity index (χ0n) is 20.1. The average molecular weight is 548 g/mol. The lowest BCUT2D eigenvalue weighted by molar-refractivity contribution is -0.139. The summed E-state index contributed by atoms with van der Waals surface area (Å²) < 4.78 is 13.5. The molecule has 0 spiro atoms. The van der Waals surface area contributed by atoms with Crippen molar-refractivity contribution < 1.29 is 14.0 Å². The van der Waals surface area contributed by atoms with Gasteiger partial charge in [-0.25, -0.2) is 4.39 Å². The predicted molar refractivity (Wildman–Crippen MR) is 147 cm³/mol. The molecule has 1 atom stereocenters. The number of amides is 2. The summed E-state index contributed by atoms with van der Waals surface area (Å²) in [5, 5.41) is 4.04. The van der Waals surface area contributed by atoms with Gasteiger partial charge in [-0.15, -0.1) is 11.8 Å². The van der Waals surface area contributed by atoms with Crippen LogP contribution in [0.2, 0.25) is 10.0 Å². The van der Waals surface area contributed by atoms with Gasteiger partial charge in [0, 0.05) is 35.3 Å². The van der Waals surface area contributed by atoms with E-state index < -0.39 is 6.04 Å². The normalized spacial score (nSPS) is 11.7. The van der Waals surface area contributed by atoms with Gasteiger partial charge >= 0.3 is 0 Å². The van der Waals surface area contributed by atoms with E-state index in [1.807, 2.05) is 37.3 Å². The maximum Gasteiger partial charge on any atom is 0.243 e. The lowest BCUT2D eigenvalue weighted by Gasteiger charge is -2.31. The average Bonchev–Trinajstić information content (AvgIpc) is 2.88. The van der Waals surface area contributed by atoms with Crippen LogP contribution < -0.4 is 5.32 Å². The lowest BCUT2D eigenvalue weighted by Crippen LogP contribution is -2.51. The predicted octanol–water partition coefficient (Wildman–Crippen LogP) is 6.53. The van der Waals surface area contributed by atoms with Crippen molar-refractivity contribution in [2.75, 3.05) is 12.3 Å². The molecule has 1 unspecified atom stereocenters. The Balaban J connectivity index is 1.84. The molecule has 3 aromatic carbocycles. The number of carbonyl (C=O) groups is 2. The number of rotatable bonds is 12. The number of nitrogens with zero attached hydrogens (tertiary/aromatic N) is 1. The summed E-state index contributed by atoms with van der Waals surface area (Å²) in [6.45, 7) is 2.68. The van der Waals surface area contributed by atoms with Crippen LogP contribution in [0.15, 0.2) is 72.8 Å². The zero-order valence-corrected chi connectivity index (χ0v) is 22.4. The van der Waals surface area contributed by atoms with Gasteiger partial charge in [-0.2, -0.15) is 0 Å². The van der Waals surface area contributed by atoms with Crippen LogP contribution in [0.25, 0.3) is 0 Å². The van der Waals surface area contributed by atoms with E-state index in [0.29, 0.717) is 28.8 Å². The fourth-order valence-corrected chi connectivity index (χ4v) is 5.35. The van der Waals surface area contributed by atoms with E-state index in [9.17, 15) is 14.0 Å². The molecule has 190 valence electrons. The summed E-state index contributed by atoms with van der Waals surface area (Å²) in [6.07, 6.45) is 1.15. The number of hydrogen-bond acceptors (Lipinski definition) is 3. The Labute approximate surface area is 226 Å². The lowest BCUT2D eigenvalue weighted by atomic mass is 10.0. The first kappa shape index (κ1) is 28.0. The van der Waals surface area contributed by atoms with Crippen molar-refractivity contribution >= 4 is 46.8 Å². The van der Waals surface area contributed by atoms with E-state index >= 15 is 0 Å². The molecule has 0 aromatic heterocycles. The van der Waals surface area contributed by atoms with Crippen molar-refractivity contribution in [2.45, 2.75) is 38.1 Å². The number of carbonyl (C=O) groups excluding carboxylic acids is 2. The van der Waals surface area contributed by atoms with Crippen molar-refractivity contribution in [1.82, 2.24) is 10.2 Å². The van der Waals surface area contributed by atoms with Gasteiger partial charge in [0.2, 0.25) is 11.8 Å². The first-order valence-corrected chi connectivity index (χ1v) is 13.7. The molecule has 0 bridgehead atoms. The molecule has 0 aliphatic carbocycles. The highest BCUT2D eigenvalue weighted by Gasteiger charge is 2.30. The van der Waals surface area contributed by atoms with Crippen LogP contribution in [0.4, 0.5) is 4.39 Å². The van der Waals surface area contributed by atoms with E-state index in [-0.39, 0.29) is 29.9 Å². The minimum Gasteiger partial charge on any atom is -0.354 e. The van der Waals surface area contributed by atoms with Crippen LogP contribution in [0.1, 0.15) is 30.0 Å². The number of hydrogen-bond donors (Lipinski definition) is 1. The third-order valence-corrected chi connectivity index (χ3v) is 7.27. The highest BCUT2D eigenvalue weighted by molar-refractivity contribution is 7.99. The molecule has 3 aromatic rings. The molecule has 0 saturated heterocycles. The Kier molecular flexibility index (Phi) is 11.1. The first-order valence-electron chi connectivity index (χ1n) is 11.7. The van der Waals surface area contributed by atoms with Gasteiger partial charge in [0.1, 0.15) is 11.9 Å². The third-order valence-electron chi connectivity index (χ3n) is 5.62. The second-order valence-electron chi connectivity index (χ2n) is 8.34. The van der Waals surface area contributed by atoms with Gasteiger partial charge in [0.25, 0.3) is 0 Å². The molecule has 0 fully saturated rings. The molecule has 0 saturated carbocycles. The number of nitrogens with one attached hydrogen (secondary N) is 1. The molecule has 0 aliphatic rings. The second-order valence-corrected chi connectivity index (χ2v) is 10.1. The fraction of sp³-hybridized carbons (Fsp3) is 0.286. The Morgan fingerprint density at radius 3 is 2.25 bits per heavy atom. The highest BCUT2D eigenvalue weighted by Crippen LogP contribution is 2.28. The van der Waals surface area contributed by atoms with E-state index in [4.69, 9.17) is 23.2 Å². The summed E-state index contributed by atoms with van der Waals surface area (Å²) >= 11 is 13.9. The molecule has 4 nitrogen and oxygen atoms in total. The number of thioether (sulfide) groups is 1. The van der Waals surface area contributed by atoms with Crippen LogP contribution >= 0.6 is 35.0 Å². The van der Waals surface area contributed by atoms with Crippen molar-refractivity contribution in [1.29, 1.82) is 0 Å². The number of halogens is 3. The first-order chi connectivity index (χ1) is 17.4. The molecule has 0 aliphatic heterocycles. The molecule has 3 rings (SSSR count). The van der Waals surface area contributed by atoms with Gasteiger partial charge in [-0.3, -0.25) is 9.59 Å². The van der Waals surface area contributed by atoms with Crippen molar-refractivity contribution in [3.8, 4) is 0 Å². The van der Waals surface area contributed by atoms with E-state index in [2.05, 4.69) is 5.32 Å². The van der Waals surface area contributed by atoms with E-state index in [0.717, 1.165) is 23.1 Å². The zero-order chi connectivity index (χ0) is 25.9. The van der Waals surface area contributed by atoms with Crippen LogP contribution in [0.3, 0.4) is 0 Å². The largest absolute Gasteiger partial charge is 0.354 e. The van der Waals surface area contributed by atoms with Gasteiger partial charge in [0.05, 0.1) is 5.75 Å². The molecule has 36 heavy (non-hydrogen) atoms. The standard InChI is InChI=1S/C28H29Cl2FN2O2S/c1-2-15-32-28(35)26(16-20-7-4-3-5-8-20)33(17-21-11-13-22(31)14-12-21)27(34)19-36-18-23-24(29)9-6-10-25(23)30/h3-14,26H,2,15-19H2,1H3,(H,32,35). The summed E-state index contributed by atoms with van der Waals surface area (Å²) in [7, 11) is 0. The minimum atomic E-state index is -0.721. The van der Waals surface area contributed by atoms with Gasteiger partial charge < -0.3 is 10.2 Å². The van der Waals surface area contributed by atoms with Crippen LogP contribution in [0.5, 0.6) is 0 Å². The minimum absolute atomic E-state index is 0.134. The van der Waals surface area contributed by atoms with Crippen LogP contribution in [-0.4, -0.2) is 35.1 Å². The van der Waals surface area contributed by atoms with E-state index in [1.165, 1.54) is 23.9 Å². The Hall–Kier alpha value is -2.54. The van der Waals surface area contributed by atoms with Crippen molar-refractivity contribution in [3.05, 3.63) is 105 Å².